The van der Waals surface area contributed by atoms with E-state index in [1.54, 1.807) is 6.07 Å². The fraction of sp³-hybridized carbons (Fsp3) is 0.500. The molecule has 1 aromatic rings. The van der Waals surface area contributed by atoms with Crippen molar-refractivity contribution in [3.8, 4) is 0 Å². The Labute approximate surface area is 99.9 Å². The van der Waals surface area contributed by atoms with Crippen molar-refractivity contribution in [3.63, 3.8) is 0 Å². The molecule has 1 heterocycles. The van der Waals surface area contributed by atoms with Crippen LogP contribution in [0, 0.1) is 0 Å². The predicted octanol–water partition coefficient (Wildman–Crippen LogP) is 2.43. The van der Waals surface area contributed by atoms with Crippen LogP contribution in [0.5, 0.6) is 0 Å². The summed E-state index contributed by atoms with van der Waals surface area (Å²) in [5.41, 5.74) is -1.09. The highest BCUT2D eigenvalue weighted by atomic mass is 35.5. The first-order chi connectivity index (χ1) is 7.42. The zero-order chi connectivity index (χ0) is 12.8. The number of aromatic nitrogens is 2. The first kappa shape index (κ1) is 14.6. The Morgan fingerprint density at radius 2 is 2.06 bits per heavy atom. The molecule has 0 saturated heterocycles. The molecule has 1 rings (SSSR count). The quantitative estimate of drug-likeness (QED) is 0.800. The highest BCUT2D eigenvalue weighted by molar-refractivity contribution is 6.28. The van der Waals surface area contributed by atoms with Crippen LogP contribution >= 0.6 is 11.6 Å². The van der Waals surface area contributed by atoms with Crippen LogP contribution in [0.25, 0.3) is 0 Å². The van der Waals surface area contributed by atoms with Gasteiger partial charge in [0, 0.05) is 6.20 Å². The van der Waals surface area contributed by atoms with Crippen LogP contribution in [0.3, 0.4) is 0 Å². The number of hydrogen-bond donors (Lipinski definition) is 2. The molecule has 0 aliphatic carbocycles. The molecule has 0 atom stereocenters. The summed E-state index contributed by atoms with van der Waals surface area (Å²) < 4.78 is 0. The third-order valence-electron chi connectivity index (χ3n) is 1.60. The summed E-state index contributed by atoms with van der Waals surface area (Å²) in [5, 5.41) is 11.6. The second-order valence-corrected chi connectivity index (χ2v) is 3.60. The van der Waals surface area contributed by atoms with Crippen LogP contribution < -0.4 is 5.32 Å². The molecule has 0 amide bonds. The number of nitrogens with one attached hydrogen (secondary N) is 1. The number of carboxylic acids is 1. The van der Waals surface area contributed by atoms with Crippen LogP contribution in [0.2, 0.25) is 5.28 Å². The molecule has 6 heteroatoms. The van der Waals surface area contributed by atoms with Gasteiger partial charge in [-0.25, -0.2) is 14.8 Å². The molecule has 0 aliphatic heterocycles. The molecule has 2 N–H and O–H groups in total. The molecule has 0 saturated carbocycles. The first-order valence-corrected chi connectivity index (χ1v) is 5.30. The molecule has 0 bridgehead atoms. The lowest BCUT2D eigenvalue weighted by molar-refractivity contribution is -0.141. The molecular formula is C10H16ClN3O2. The SMILES string of the molecule is CC.CC(C)(Nc1ccnc(Cl)n1)C(=O)O. The van der Waals surface area contributed by atoms with E-state index in [0.717, 1.165) is 0 Å². The number of carbonyl (C=O) groups is 1. The Morgan fingerprint density at radius 1 is 1.50 bits per heavy atom. The summed E-state index contributed by atoms with van der Waals surface area (Å²) in [5.74, 6) is -0.579. The minimum atomic E-state index is -1.09. The van der Waals surface area contributed by atoms with E-state index >= 15 is 0 Å². The second kappa shape index (κ2) is 6.27. The fourth-order valence-corrected chi connectivity index (χ4v) is 0.926. The minimum absolute atomic E-state index is 0.0798. The molecule has 1 aromatic heterocycles. The zero-order valence-corrected chi connectivity index (χ0v) is 10.5. The monoisotopic (exact) mass is 245 g/mol. The summed E-state index contributed by atoms with van der Waals surface area (Å²) in [7, 11) is 0. The van der Waals surface area contributed by atoms with E-state index in [1.807, 2.05) is 13.8 Å². The van der Waals surface area contributed by atoms with Crippen LogP contribution in [0.15, 0.2) is 12.3 Å². The highest BCUT2D eigenvalue weighted by Crippen LogP contribution is 2.13. The molecular weight excluding hydrogens is 230 g/mol. The van der Waals surface area contributed by atoms with Crippen molar-refractivity contribution < 1.29 is 9.90 Å². The van der Waals surface area contributed by atoms with Gasteiger partial charge in [0.2, 0.25) is 5.28 Å². The van der Waals surface area contributed by atoms with Gasteiger partial charge in [-0.15, -0.1) is 0 Å². The number of hydrogen-bond acceptors (Lipinski definition) is 4. The van der Waals surface area contributed by atoms with Gasteiger partial charge in [0.25, 0.3) is 0 Å². The average Bonchev–Trinajstić information content (AvgIpc) is 2.19. The molecule has 0 unspecified atom stereocenters. The van der Waals surface area contributed by atoms with Crippen molar-refractivity contribution in [2.24, 2.45) is 0 Å². The lowest BCUT2D eigenvalue weighted by atomic mass is 10.1. The summed E-state index contributed by atoms with van der Waals surface area (Å²) >= 11 is 5.54. The van der Waals surface area contributed by atoms with E-state index in [9.17, 15) is 4.79 Å². The predicted molar refractivity (Wildman–Crippen MR) is 63.7 cm³/mol. The van der Waals surface area contributed by atoms with Crippen molar-refractivity contribution in [1.82, 2.24) is 9.97 Å². The van der Waals surface area contributed by atoms with Crippen LogP contribution in [0.1, 0.15) is 27.7 Å². The van der Waals surface area contributed by atoms with Gasteiger partial charge in [-0.05, 0) is 31.5 Å². The molecule has 5 nitrogen and oxygen atoms in total. The van der Waals surface area contributed by atoms with Gasteiger partial charge in [-0.1, -0.05) is 13.8 Å². The Kier molecular flexibility index (Phi) is 5.74. The Morgan fingerprint density at radius 3 is 2.50 bits per heavy atom. The van der Waals surface area contributed by atoms with E-state index in [4.69, 9.17) is 16.7 Å². The molecule has 0 aliphatic rings. The summed E-state index contributed by atoms with van der Waals surface area (Å²) in [4.78, 5) is 18.3. The lowest BCUT2D eigenvalue weighted by Gasteiger charge is -2.21. The van der Waals surface area contributed by atoms with Gasteiger partial charge < -0.3 is 10.4 Å². The molecule has 0 radical (unpaired) electrons. The van der Waals surface area contributed by atoms with Crippen molar-refractivity contribution in [1.29, 1.82) is 0 Å². The maximum absolute atomic E-state index is 10.8. The van der Waals surface area contributed by atoms with Gasteiger partial charge in [0.15, 0.2) is 0 Å². The maximum Gasteiger partial charge on any atom is 0.328 e. The van der Waals surface area contributed by atoms with E-state index in [-0.39, 0.29) is 5.28 Å². The van der Waals surface area contributed by atoms with Crippen LogP contribution in [-0.2, 0) is 4.79 Å². The molecule has 0 aromatic carbocycles. The van der Waals surface area contributed by atoms with E-state index in [2.05, 4.69) is 15.3 Å². The fourth-order valence-electron chi connectivity index (χ4n) is 0.778. The van der Waals surface area contributed by atoms with Gasteiger partial charge in [-0.3, -0.25) is 0 Å². The van der Waals surface area contributed by atoms with E-state index in [0.29, 0.717) is 5.82 Å². The Bertz CT molecular complexity index is 356. The number of nitrogens with zero attached hydrogens (tertiary/aromatic N) is 2. The largest absolute Gasteiger partial charge is 0.480 e. The summed E-state index contributed by atoms with van der Waals surface area (Å²) in [6, 6.07) is 1.55. The van der Waals surface area contributed by atoms with Crippen molar-refractivity contribution in [3.05, 3.63) is 17.5 Å². The number of anilines is 1. The smallest absolute Gasteiger partial charge is 0.328 e. The average molecular weight is 246 g/mol. The Hall–Kier alpha value is -1.36. The molecule has 90 valence electrons. The maximum atomic E-state index is 10.8. The minimum Gasteiger partial charge on any atom is -0.480 e. The second-order valence-electron chi connectivity index (χ2n) is 3.27. The van der Waals surface area contributed by atoms with Gasteiger partial charge in [-0.2, -0.15) is 0 Å². The van der Waals surface area contributed by atoms with Gasteiger partial charge >= 0.3 is 5.97 Å². The summed E-state index contributed by atoms with van der Waals surface area (Å²) in [6.45, 7) is 7.07. The zero-order valence-electron chi connectivity index (χ0n) is 9.78. The van der Waals surface area contributed by atoms with E-state index < -0.39 is 11.5 Å². The van der Waals surface area contributed by atoms with Crippen molar-refractivity contribution in [2.45, 2.75) is 33.2 Å². The van der Waals surface area contributed by atoms with Crippen LogP contribution in [-0.4, -0.2) is 26.6 Å². The normalized spacial score (nSPS) is 10.1. The third-order valence-corrected chi connectivity index (χ3v) is 1.78. The lowest BCUT2D eigenvalue weighted by Crippen LogP contribution is -2.40. The van der Waals surface area contributed by atoms with Gasteiger partial charge in [0.1, 0.15) is 11.4 Å². The number of aliphatic carboxylic acids is 1. The molecule has 16 heavy (non-hydrogen) atoms. The van der Waals surface area contributed by atoms with Crippen molar-refractivity contribution in [2.75, 3.05) is 5.32 Å². The number of carboxylic acid groups (broad SMARTS) is 1. The third kappa shape index (κ3) is 4.44. The first-order valence-electron chi connectivity index (χ1n) is 4.92. The topological polar surface area (TPSA) is 75.1 Å². The number of rotatable bonds is 3. The van der Waals surface area contributed by atoms with Crippen molar-refractivity contribution >= 4 is 23.4 Å². The number of halogens is 1. The summed E-state index contributed by atoms with van der Waals surface area (Å²) in [6.07, 6.45) is 1.45. The Balaban J connectivity index is 0.00000106. The van der Waals surface area contributed by atoms with E-state index in [1.165, 1.54) is 20.0 Å². The molecule has 0 spiro atoms. The molecule has 0 fully saturated rings. The van der Waals surface area contributed by atoms with Crippen LogP contribution in [0.4, 0.5) is 5.82 Å². The highest BCUT2D eigenvalue weighted by Gasteiger charge is 2.27. The standard InChI is InChI=1S/C8H10ClN3O2.C2H6/c1-8(2,6(13)14)12-5-3-4-10-7(9)11-5;1-2/h3-4H,1-2H3,(H,13,14)(H,10,11,12);1-2H3. The van der Waals surface area contributed by atoms with Gasteiger partial charge in [0.05, 0.1) is 0 Å².